The minimum Gasteiger partial charge on any atom is -0.0622 e. The Hall–Kier alpha value is -4.68. The Morgan fingerprint density at radius 1 is 0.297 bits per heavy atom. The first-order chi connectivity index (χ1) is 18.3. The van der Waals surface area contributed by atoms with Crippen molar-refractivity contribution in [2.45, 2.75) is 6.42 Å². The molecule has 0 saturated carbocycles. The minimum atomic E-state index is 0.969. The van der Waals surface area contributed by atoms with Crippen LogP contribution in [0.15, 0.2) is 146 Å². The Labute approximate surface area is 218 Å². The van der Waals surface area contributed by atoms with Gasteiger partial charge in [0.25, 0.3) is 0 Å². The van der Waals surface area contributed by atoms with E-state index in [9.17, 15) is 0 Å². The van der Waals surface area contributed by atoms with Crippen LogP contribution in [0.3, 0.4) is 0 Å². The lowest BCUT2D eigenvalue weighted by Gasteiger charge is -2.17. The predicted octanol–water partition coefficient (Wildman–Crippen LogP) is 9.93. The highest BCUT2D eigenvalue weighted by molar-refractivity contribution is 5.94. The molecule has 6 aromatic rings. The molecule has 0 aromatic heterocycles. The molecule has 0 radical (unpaired) electrons. The predicted molar refractivity (Wildman–Crippen MR) is 156 cm³/mol. The Bertz CT molecular complexity index is 1690. The quantitative estimate of drug-likeness (QED) is 0.240. The van der Waals surface area contributed by atoms with Crippen molar-refractivity contribution >= 4 is 0 Å². The average molecular weight is 471 g/mol. The largest absolute Gasteiger partial charge is 0.0622 e. The maximum atomic E-state index is 2.32. The van der Waals surface area contributed by atoms with Gasteiger partial charge in [0, 0.05) is 0 Å². The van der Waals surface area contributed by atoms with Gasteiger partial charge < -0.3 is 0 Å². The normalized spacial score (nSPS) is 11.7. The van der Waals surface area contributed by atoms with Gasteiger partial charge in [0.1, 0.15) is 0 Å². The van der Waals surface area contributed by atoms with Gasteiger partial charge in [0.05, 0.1) is 0 Å². The highest BCUT2D eigenvalue weighted by Crippen LogP contribution is 2.46. The van der Waals surface area contributed by atoms with E-state index in [1.165, 1.54) is 66.8 Å². The molecule has 0 bridgehead atoms. The number of benzene rings is 6. The van der Waals surface area contributed by atoms with Crippen LogP contribution in [-0.4, -0.2) is 0 Å². The van der Waals surface area contributed by atoms with Crippen LogP contribution in [0.25, 0.3) is 55.6 Å². The first-order valence-electron chi connectivity index (χ1n) is 12.9. The molecule has 7 rings (SSSR count). The van der Waals surface area contributed by atoms with Crippen molar-refractivity contribution in [3.63, 3.8) is 0 Å². The molecule has 0 nitrogen and oxygen atoms in total. The van der Waals surface area contributed by atoms with Crippen LogP contribution in [0, 0.1) is 0 Å². The Morgan fingerprint density at radius 2 is 0.757 bits per heavy atom. The summed E-state index contributed by atoms with van der Waals surface area (Å²) in [6.45, 7) is 0. The van der Waals surface area contributed by atoms with Gasteiger partial charge in [-0.05, 0) is 73.2 Å². The number of rotatable bonds is 4. The van der Waals surface area contributed by atoms with Crippen LogP contribution in [0.1, 0.15) is 11.1 Å². The second-order valence-corrected chi connectivity index (χ2v) is 9.73. The molecule has 37 heavy (non-hydrogen) atoms. The van der Waals surface area contributed by atoms with Crippen molar-refractivity contribution in [1.29, 1.82) is 0 Å². The first-order valence-corrected chi connectivity index (χ1v) is 12.9. The standard InChI is InChI=1S/C37H26/c1-3-9-26(10-4-1)28-15-19-30(20-16-28)34-23-24-35-33-14-8-7-13-32(33)25-36(35)37(34)31-21-17-29(18-22-31)27-11-5-2-6-12-27/h1-24H,25H2. The van der Waals surface area contributed by atoms with Crippen LogP contribution in [0.5, 0.6) is 0 Å². The first kappa shape index (κ1) is 21.6. The third-order valence-corrected chi connectivity index (χ3v) is 7.57. The fourth-order valence-electron chi connectivity index (χ4n) is 5.71. The summed E-state index contributed by atoms with van der Waals surface area (Å²) in [5.74, 6) is 0. The van der Waals surface area contributed by atoms with Crippen LogP contribution >= 0.6 is 0 Å². The van der Waals surface area contributed by atoms with E-state index < -0.39 is 0 Å². The van der Waals surface area contributed by atoms with E-state index >= 15 is 0 Å². The summed E-state index contributed by atoms with van der Waals surface area (Å²) in [4.78, 5) is 0. The van der Waals surface area contributed by atoms with Crippen molar-refractivity contribution < 1.29 is 0 Å². The summed E-state index contributed by atoms with van der Waals surface area (Å²) in [5, 5.41) is 0. The average Bonchev–Trinajstić information content (AvgIpc) is 3.37. The van der Waals surface area contributed by atoms with Crippen molar-refractivity contribution in [1.82, 2.24) is 0 Å². The van der Waals surface area contributed by atoms with Gasteiger partial charge in [-0.1, -0.05) is 146 Å². The van der Waals surface area contributed by atoms with E-state index in [0.29, 0.717) is 0 Å². The summed E-state index contributed by atoms with van der Waals surface area (Å²) < 4.78 is 0. The van der Waals surface area contributed by atoms with E-state index in [2.05, 4.69) is 146 Å². The molecule has 0 spiro atoms. The molecule has 0 unspecified atom stereocenters. The topological polar surface area (TPSA) is 0 Å². The number of fused-ring (bicyclic) bond motifs is 3. The second-order valence-electron chi connectivity index (χ2n) is 9.73. The molecular formula is C37H26. The molecule has 1 aliphatic rings. The lowest BCUT2D eigenvalue weighted by molar-refractivity contribution is 1.26. The van der Waals surface area contributed by atoms with Gasteiger partial charge in [-0.25, -0.2) is 0 Å². The molecule has 6 aromatic carbocycles. The Balaban J connectivity index is 1.37. The zero-order chi connectivity index (χ0) is 24.6. The number of hydrogen-bond acceptors (Lipinski definition) is 0. The maximum absolute atomic E-state index is 2.32. The smallest absolute Gasteiger partial charge is 0.000706 e. The zero-order valence-electron chi connectivity index (χ0n) is 20.6. The van der Waals surface area contributed by atoms with E-state index in [1.54, 1.807) is 0 Å². The van der Waals surface area contributed by atoms with Crippen molar-refractivity contribution in [2.24, 2.45) is 0 Å². The van der Waals surface area contributed by atoms with Crippen molar-refractivity contribution in [3.05, 3.63) is 157 Å². The van der Waals surface area contributed by atoms with Crippen LogP contribution < -0.4 is 0 Å². The summed E-state index contributed by atoms with van der Waals surface area (Å²) in [7, 11) is 0. The molecular weight excluding hydrogens is 444 g/mol. The van der Waals surface area contributed by atoms with E-state index in [1.807, 2.05) is 0 Å². The zero-order valence-corrected chi connectivity index (χ0v) is 20.6. The van der Waals surface area contributed by atoms with E-state index in [4.69, 9.17) is 0 Å². The van der Waals surface area contributed by atoms with E-state index in [0.717, 1.165) is 6.42 Å². The molecule has 0 atom stereocenters. The summed E-state index contributed by atoms with van der Waals surface area (Å²) in [5.41, 5.74) is 15.7. The summed E-state index contributed by atoms with van der Waals surface area (Å²) in [6.07, 6.45) is 0.969. The monoisotopic (exact) mass is 470 g/mol. The molecule has 1 aliphatic carbocycles. The molecule has 174 valence electrons. The van der Waals surface area contributed by atoms with Crippen LogP contribution in [0.4, 0.5) is 0 Å². The Kier molecular flexibility index (Phi) is 5.30. The highest BCUT2D eigenvalue weighted by atomic mass is 14.3. The fraction of sp³-hybridized carbons (Fsp3) is 0.0270. The maximum Gasteiger partial charge on any atom is -0.000706 e. The second kappa shape index (κ2) is 9.08. The van der Waals surface area contributed by atoms with Gasteiger partial charge in [0.2, 0.25) is 0 Å². The summed E-state index contributed by atoms with van der Waals surface area (Å²) in [6, 6.07) is 52.8. The molecule has 0 aliphatic heterocycles. The fourth-order valence-corrected chi connectivity index (χ4v) is 5.71. The van der Waals surface area contributed by atoms with E-state index in [-0.39, 0.29) is 0 Å². The van der Waals surface area contributed by atoms with Crippen LogP contribution in [0.2, 0.25) is 0 Å². The highest BCUT2D eigenvalue weighted by Gasteiger charge is 2.24. The third-order valence-electron chi connectivity index (χ3n) is 7.57. The van der Waals surface area contributed by atoms with Crippen molar-refractivity contribution in [2.75, 3.05) is 0 Å². The lowest BCUT2D eigenvalue weighted by atomic mass is 9.87. The van der Waals surface area contributed by atoms with Gasteiger partial charge in [-0.2, -0.15) is 0 Å². The Morgan fingerprint density at radius 3 is 1.38 bits per heavy atom. The molecule has 0 heteroatoms. The van der Waals surface area contributed by atoms with Gasteiger partial charge in [-0.15, -0.1) is 0 Å². The molecule has 0 N–H and O–H groups in total. The summed E-state index contributed by atoms with van der Waals surface area (Å²) >= 11 is 0. The molecule has 0 heterocycles. The van der Waals surface area contributed by atoms with Crippen LogP contribution in [-0.2, 0) is 6.42 Å². The SMILES string of the molecule is c1ccc(-c2ccc(-c3ccc4c(c3-c3ccc(-c5ccccc5)cc3)Cc3ccccc3-4)cc2)cc1. The lowest BCUT2D eigenvalue weighted by Crippen LogP contribution is -1.93. The minimum absolute atomic E-state index is 0.969. The molecule has 0 saturated heterocycles. The van der Waals surface area contributed by atoms with Gasteiger partial charge in [0.15, 0.2) is 0 Å². The molecule has 0 fully saturated rings. The number of hydrogen-bond donors (Lipinski definition) is 0. The molecule has 0 amide bonds. The van der Waals surface area contributed by atoms with Gasteiger partial charge in [-0.3, -0.25) is 0 Å². The third kappa shape index (κ3) is 3.88. The van der Waals surface area contributed by atoms with Gasteiger partial charge >= 0.3 is 0 Å². The van der Waals surface area contributed by atoms with Crippen molar-refractivity contribution in [3.8, 4) is 55.6 Å².